The Balaban J connectivity index is 2.07. The van der Waals surface area contributed by atoms with Crippen molar-refractivity contribution in [1.82, 2.24) is 10.2 Å². The molecule has 0 aliphatic heterocycles. The number of hydrogen-bond donors (Lipinski definition) is 1. The van der Waals surface area contributed by atoms with E-state index in [1.807, 2.05) is 30.3 Å². The molecule has 2 amide bonds. The molecule has 1 N–H and O–H groups in total. The first-order chi connectivity index (χ1) is 13.9. The number of ether oxygens (including phenoxy) is 2. The predicted octanol–water partition coefficient (Wildman–Crippen LogP) is 2.27. The summed E-state index contributed by atoms with van der Waals surface area (Å²) < 4.78 is 10.1. The Kier molecular flexibility index (Phi) is 8.36. The lowest BCUT2D eigenvalue weighted by atomic mass is 10.1. The topological polar surface area (TPSA) is 84.9 Å². The van der Waals surface area contributed by atoms with Crippen LogP contribution in [-0.2, 0) is 20.8 Å². The molecule has 7 nitrogen and oxygen atoms in total. The highest BCUT2D eigenvalue weighted by Crippen LogP contribution is 2.15. The summed E-state index contributed by atoms with van der Waals surface area (Å²) in [7, 11) is 3.20. The van der Waals surface area contributed by atoms with Crippen molar-refractivity contribution in [2.75, 3.05) is 27.3 Å². The Bertz CT molecular complexity index is 838. The minimum atomic E-state index is -0.996. The summed E-state index contributed by atoms with van der Waals surface area (Å²) >= 11 is 0. The van der Waals surface area contributed by atoms with E-state index in [-0.39, 0.29) is 17.0 Å². The fraction of sp³-hybridized carbons (Fsp3) is 0.318. The Labute approximate surface area is 170 Å². The number of esters is 1. The van der Waals surface area contributed by atoms with Gasteiger partial charge >= 0.3 is 5.97 Å². The quantitative estimate of drug-likeness (QED) is 0.517. The van der Waals surface area contributed by atoms with Crippen LogP contribution in [0, 0.1) is 0 Å². The van der Waals surface area contributed by atoms with E-state index in [4.69, 9.17) is 9.47 Å². The SMILES string of the molecule is COCCNC(=O)[C@@H](C)OC(=O)c1ccccc1C(=O)N(C)Cc1ccccc1. The van der Waals surface area contributed by atoms with Gasteiger partial charge in [0.1, 0.15) is 0 Å². The molecule has 0 aliphatic rings. The second-order valence-corrected chi connectivity index (χ2v) is 6.52. The molecule has 7 heteroatoms. The number of carbonyl (C=O) groups is 3. The maximum atomic E-state index is 12.9. The van der Waals surface area contributed by atoms with E-state index < -0.39 is 18.0 Å². The molecular formula is C22H26N2O5. The van der Waals surface area contributed by atoms with Gasteiger partial charge in [0.25, 0.3) is 11.8 Å². The third kappa shape index (κ3) is 6.43. The van der Waals surface area contributed by atoms with E-state index in [2.05, 4.69) is 5.32 Å². The van der Waals surface area contributed by atoms with Gasteiger partial charge in [-0.2, -0.15) is 0 Å². The summed E-state index contributed by atoms with van der Waals surface area (Å²) in [6, 6.07) is 16.0. The minimum absolute atomic E-state index is 0.119. The van der Waals surface area contributed by atoms with Gasteiger partial charge in [-0.05, 0) is 24.6 Å². The lowest BCUT2D eigenvalue weighted by Gasteiger charge is -2.19. The van der Waals surface area contributed by atoms with Crippen LogP contribution in [0.2, 0.25) is 0 Å². The Morgan fingerprint density at radius 3 is 2.28 bits per heavy atom. The van der Waals surface area contributed by atoms with E-state index in [1.165, 1.54) is 25.0 Å². The molecule has 29 heavy (non-hydrogen) atoms. The fourth-order valence-corrected chi connectivity index (χ4v) is 2.68. The van der Waals surface area contributed by atoms with E-state index in [9.17, 15) is 14.4 Å². The van der Waals surface area contributed by atoms with Crippen molar-refractivity contribution in [2.24, 2.45) is 0 Å². The van der Waals surface area contributed by atoms with E-state index in [0.717, 1.165) is 5.56 Å². The van der Waals surface area contributed by atoms with Crippen LogP contribution < -0.4 is 5.32 Å². The fourth-order valence-electron chi connectivity index (χ4n) is 2.68. The largest absolute Gasteiger partial charge is 0.449 e. The molecule has 0 aromatic heterocycles. The molecule has 2 rings (SSSR count). The van der Waals surface area contributed by atoms with Crippen LogP contribution in [0.3, 0.4) is 0 Å². The van der Waals surface area contributed by atoms with Crippen molar-refractivity contribution in [2.45, 2.75) is 19.6 Å². The average Bonchev–Trinajstić information content (AvgIpc) is 2.73. The molecule has 1 atom stereocenters. The van der Waals surface area contributed by atoms with Crippen molar-refractivity contribution in [3.63, 3.8) is 0 Å². The zero-order chi connectivity index (χ0) is 21.2. The third-order valence-corrected chi connectivity index (χ3v) is 4.25. The van der Waals surface area contributed by atoms with E-state index in [0.29, 0.717) is 19.7 Å². The molecule has 0 saturated heterocycles. The summed E-state index contributed by atoms with van der Waals surface area (Å²) in [5.41, 5.74) is 1.32. The monoisotopic (exact) mass is 398 g/mol. The number of carbonyl (C=O) groups excluding carboxylic acids is 3. The number of nitrogens with zero attached hydrogens (tertiary/aromatic N) is 1. The Hall–Kier alpha value is -3.19. The standard InChI is InChI=1S/C22H26N2O5/c1-16(20(25)23-13-14-28-3)29-22(27)19-12-8-7-11-18(19)21(26)24(2)15-17-9-5-4-6-10-17/h4-12,16H,13-15H2,1-3H3,(H,23,25)/t16-/m1/s1. The molecule has 0 radical (unpaired) electrons. The molecule has 0 saturated carbocycles. The predicted molar refractivity (Wildman–Crippen MR) is 108 cm³/mol. The summed E-state index contributed by atoms with van der Waals surface area (Å²) in [5.74, 6) is -1.46. The highest BCUT2D eigenvalue weighted by Gasteiger charge is 2.24. The molecule has 0 aliphatic carbocycles. The summed E-state index contributed by atoms with van der Waals surface area (Å²) in [6.45, 7) is 2.56. The van der Waals surface area contributed by atoms with Gasteiger partial charge < -0.3 is 19.7 Å². The molecular weight excluding hydrogens is 372 g/mol. The van der Waals surface area contributed by atoms with Crippen molar-refractivity contribution >= 4 is 17.8 Å². The van der Waals surface area contributed by atoms with Crippen LogP contribution in [0.25, 0.3) is 0 Å². The number of hydrogen-bond acceptors (Lipinski definition) is 5. The first-order valence-corrected chi connectivity index (χ1v) is 9.30. The molecule has 2 aromatic carbocycles. The molecule has 0 spiro atoms. The number of rotatable bonds is 9. The summed E-state index contributed by atoms with van der Waals surface area (Å²) in [6.07, 6.45) is -0.996. The average molecular weight is 398 g/mol. The van der Waals surface area contributed by atoms with Crippen molar-refractivity contribution in [3.8, 4) is 0 Å². The molecule has 0 bridgehead atoms. The normalized spacial score (nSPS) is 11.4. The number of benzene rings is 2. The molecule has 2 aromatic rings. The van der Waals surface area contributed by atoms with Crippen LogP contribution in [0.1, 0.15) is 33.2 Å². The third-order valence-electron chi connectivity index (χ3n) is 4.25. The van der Waals surface area contributed by atoms with Gasteiger partial charge in [0.2, 0.25) is 0 Å². The van der Waals surface area contributed by atoms with Crippen LogP contribution in [-0.4, -0.2) is 56.1 Å². The molecule has 154 valence electrons. The highest BCUT2D eigenvalue weighted by molar-refractivity contribution is 6.05. The second kappa shape index (κ2) is 11.0. The smallest absolute Gasteiger partial charge is 0.339 e. The van der Waals surface area contributed by atoms with Crippen molar-refractivity contribution < 1.29 is 23.9 Å². The van der Waals surface area contributed by atoms with Crippen LogP contribution in [0.15, 0.2) is 54.6 Å². The van der Waals surface area contributed by atoms with Gasteiger partial charge in [0.15, 0.2) is 6.10 Å². The molecule has 0 unspecified atom stereocenters. The van der Waals surface area contributed by atoms with Gasteiger partial charge in [-0.25, -0.2) is 4.79 Å². The number of amides is 2. The maximum Gasteiger partial charge on any atom is 0.339 e. The van der Waals surface area contributed by atoms with Crippen molar-refractivity contribution in [1.29, 1.82) is 0 Å². The van der Waals surface area contributed by atoms with Gasteiger partial charge in [-0.3, -0.25) is 9.59 Å². The lowest BCUT2D eigenvalue weighted by Crippen LogP contribution is -2.37. The Morgan fingerprint density at radius 2 is 1.62 bits per heavy atom. The number of methoxy groups -OCH3 is 1. The first kappa shape index (κ1) is 22.1. The minimum Gasteiger partial charge on any atom is -0.449 e. The van der Waals surface area contributed by atoms with E-state index >= 15 is 0 Å². The highest BCUT2D eigenvalue weighted by atomic mass is 16.5. The van der Waals surface area contributed by atoms with Crippen molar-refractivity contribution in [3.05, 3.63) is 71.3 Å². The Morgan fingerprint density at radius 1 is 1.00 bits per heavy atom. The van der Waals surface area contributed by atoms with Gasteiger partial charge in [0, 0.05) is 27.2 Å². The van der Waals surface area contributed by atoms with Crippen LogP contribution >= 0.6 is 0 Å². The number of nitrogens with one attached hydrogen (secondary N) is 1. The summed E-state index contributed by atoms with van der Waals surface area (Å²) in [4.78, 5) is 39.0. The van der Waals surface area contributed by atoms with E-state index in [1.54, 1.807) is 25.2 Å². The van der Waals surface area contributed by atoms with Gasteiger partial charge in [-0.1, -0.05) is 42.5 Å². The maximum absolute atomic E-state index is 12.9. The lowest BCUT2D eigenvalue weighted by molar-refractivity contribution is -0.129. The van der Waals surface area contributed by atoms with Gasteiger partial charge in [-0.15, -0.1) is 0 Å². The molecule has 0 heterocycles. The van der Waals surface area contributed by atoms with Crippen LogP contribution in [0.4, 0.5) is 0 Å². The first-order valence-electron chi connectivity index (χ1n) is 9.30. The zero-order valence-corrected chi connectivity index (χ0v) is 16.9. The second-order valence-electron chi connectivity index (χ2n) is 6.52. The summed E-state index contributed by atoms with van der Waals surface area (Å²) in [5, 5.41) is 2.61. The zero-order valence-electron chi connectivity index (χ0n) is 16.9. The van der Waals surface area contributed by atoms with Crippen LogP contribution in [0.5, 0.6) is 0 Å². The molecule has 0 fully saturated rings. The van der Waals surface area contributed by atoms with Gasteiger partial charge in [0.05, 0.1) is 17.7 Å².